The highest BCUT2D eigenvalue weighted by Crippen LogP contribution is 2.10. The molecule has 106 valence electrons. The quantitative estimate of drug-likeness (QED) is 0.695. The molecule has 5 nitrogen and oxygen atoms in total. The second-order valence-electron chi connectivity index (χ2n) is 4.77. The SMILES string of the molecule is CCCC(CN)C(=O)N(CCC)CC(=O)N(C)C. The van der Waals surface area contributed by atoms with Crippen LogP contribution in [0, 0.1) is 5.92 Å². The van der Waals surface area contributed by atoms with E-state index in [2.05, 4.69) is 0 Å². The summed E-state index contributed by atoms with van der Waals surface area (Å²) >= 11 is 0. The normalized spacial score (nSPS) is 12.1. The largest absolute Gasteiger partial charge is 0.347 e. The summed E-state index contributed by atoms with van der Waals surface area (Å²) in [4.78, 5) is 27.1. The van der Waals surface area contributed by atoms with Gasteiger partial charge in [0.1, 0.15) is 0 Å². The van der Waals surface area contributed by atoms with E-state index < -0.39 is 0 Å². The van der Waals surface area contributed by atoms with Crippen molar-refractivity contribution >= 4 is 11.8 Å². The number of carbonyl (C=O) groups is 2. The predicted molar refractivity (Wildman–Crippen MR) is 73.0 cm³/mol. The molecule has 0 aliphatic heterocycles. The summed E-state index contributed by atoms with van der Waals surface area (Å²) in [6.07, 6.45) is 2.55. The van der Waals surface area contributed by atoms with E-state index in [4.69, 9.17) is 5.73 Å². The lowest BCUT2D eigenvalue weighted by atomic mass is 10.0. The van der Waals surface area contributed by atoms with Gasteiger partial charge >= 0.3 is 0 Å². The first-order valence-electron chi connectivity index (χ1n) is 6.66. The third kappa shape index (κ3) is 5.49. The van der Waals surface area contributed by atoms with Gasteiger partial charge in [-0.25, -0.2) is 0 Å². The second-order valence-corrected chi connectivity index (χ2v) is 4.77. The van der Waals surface area contributed by atoms with Gasteiger partial charge in [0.25, 0.3) is 0 Å². The Bertz CT molecular complexity index is 267. The van der Waals surface area contributed by atoms with Crippen molar-refractivity contribution in [3.63, 3.8) is 0 Å². The van der Waals surface area contributed by atoms with Gasteiger partial charge in [0, 0.05) is 27.2 Å². The van der Waals surface area contributed by atoms with Gasteiger partial charge < -0.3 is 15.5 Å². The van der Waals surface area contributed by atoms with Crippen molar-refractivity contribution in [2.24, 2.45) is 11.7 Å². The van der Waals surface area contributed by atoms with Crippen LogP contribution < -0.4 is 5.73 Å². The number of hydrogen-bond donors (Lipinski definition) is 1. The second kappa shape index (κ2) is 8.91. The first kappa shape index (κ1) is 16.9. The molecule has 18 heavy (non-hydrogen) atoms. The number of nitrogens with two attached hydrogens (primary N) is 1. The Balaban J connectivity index is 4.65. The fourth-order valence-electron chi connectivity index (χ4n) is 1.79. The van der Waals surface area contributed by atoms with Crippen molar-refractivity contribution in [1.29, 1.82) is 0 Å². The summed E-state index contributed by atoms with van der Waals surface area (Å²) in [6, 6.07) is 0. The molecule has 0 radical (unpaired) electrons. The molecule has 0 aliphatic rings. The van der Waals surface area contributed by atoms with Crippen LogP contribution in [0.15, 0.2) is 0 Å². The number of nitrogens with zero attached hydrogens (tertiary/aromatic N) is 2. The third-order valence-electron chi connectivity index (χ3n) is 2.90. The highest BCUT2D eigenvalue weighted by Gasteiger charge is 2.24. The molecule has 0 aliphatic carbocycles. The standard InChI is InChI=1S/C13H27N3O2/c1-5-7-11(9-14)13(18)16(8-6-2)10-12(17)15(3)4/h11H,5-10,14H2,1-4H3. The van der Waals surface area contributed by atoms with Crippen molar-refractivity contribution in [3.8, 4) is 0 Å². The molecule has 0 fully saturated rings. The van der Waals surface area contributed by atoms with Gasteiger partial charge in [-0.2, -0.15) is 0 Å². The van der Waals surface area contributed by atoms with Crippen LogP contribution in [0.25, 0.3) is 0 Å². The van der Waals surface area contributed by atoms with E-state index in [-0.39, 0.29) is 24.3 Å². The molecule has 0 bridgehead atoms. The number of likely N-dealkylation sites (N-methyl/N-ethyl adjacent to an activating group) is 1. The Morgan fingerprint density at radius 3 is 2.17 bits per heavy atom. The van der Waals surface area contributed by atoms with Crippen molar-refractivity contribution in [2.75, 3.05) is 33.7 Å². The molecule has 1 atom stereocenters. The number of rotatable bonds is 8. The van der Waals surface area contributed by atoms with Crippen molar-refractivity contribution in [3.05, 3.63) is 0 Å². The van der Waals surface area contributed by atoms with E-state index in [1.807, 2.05) is 13.8 Å². The van der Waals surface area contributed by atoms with Crippen LogP contribution >= 0.6 is 0 Å². The van der Waals surface area contributed by atoms with E-state index in [0.29, 0.717) is 13.1 Å². The zero-order valence-corrected chi connectivity index (χ0v) is 12.1. The lowest BCUT2D eigenvalue weighted by Gasteiger charge is -2.27. The molecule has 0 saturated carbocycles. The number of carbonyl (C=O) groups excluding carboxylic acids is 2. The zero-order chi connectivity index (χ0) is 14.1. The highest BCUT2D eigenvalue weighted by atomic mass is 16.2. The lowest BCUT2D eigenvalue weighted by molar-refractivity contribution is -0.141. The molecule has 2 N–H and O–H groups in total. The molecule has 1 unspecified atom stereocenters. The van der Waals surface area contributed by atoms with Crippen LogP contribution in [0.5, 0.6) is 0 Å². The van der Waals surface area contributed by atoms with E-state index in [9.17, 15) is 9.59 Å². The molecule has 0 rings (SSSR count). The van der Waals surface area contributed by atoms with Crippen LogP contribution in [-0.4, -0.2) is 55.3 Å². The van der Waals surface area contributed by atoms with Crippen molar-refractivity contribution < 1.29 is 9.59 Å². The molecule has 2 amide bonds. The maximum atomic E-state index is 12.3. The molecule has 0 spiro atoms. The number of amides is 2. The third-order valence-corrected chi connectivity index (χ3v) is 2.90. The topological polar surface area (TPSA) is 66.6 Å². The minimum absolute atomic E-state index is 0.0106. The van der Waals surface area contributed by atoms with Crippen molar-refractivity contribution in [1.82, 2.24) is 9.80 Å². The molecule has 0 heterocycles. The van der Waals surface area contributed by atoms with E-state index in [1.54, 1.807) is 19.0 Å². The maximum absolute atomic E-state index is 12.3. The van der Waals surface area contributed by atoms with Gasteiger partial charge in [-0.05, 0) is 12.8 Å². The van der Waals surface area contributed by atoms with Crippen LogP contribution in [0.4, 0.5) is 0 Å². The fourth-order valence-corrected chi connectivity index (χ4v) is 1.79. The van der Waals surface area contributed by atoms with Gasteiger partial charge in [-0.1, -0.05) is 20.3 Å². The van der Waals surface area contributed by atoms with E-state index in [0.717, 1.165) is 19.3 Å². The summed E-state index contributed by atoms with van der Waals surface area (Å²) in [5, 5.41) is 0. The Hall–Kier alpha value is -1.10. The van der Waals surface area contributed by atoms with Gasteiger partial charge in [0.2, 0.25) is 11.8 Å². The van der Waals surface area contributed by atoms with Crippen LogP contribution in [0.1, 0.15) is 33.1 Å². The monoisotopic (exact) mass is 257 g/mol. The van der Waals surface area contributed by atoms with Crippen LogP contribution in [0.2, 0.25) is 0 Å². The fraction of sp³-hybridized carbons (Fsp3) is 0.846. The summed E-state index contributed by atoms with van der Waals surface area (Å²) in [7, 11) is 3.40. The van der Waals surface area contributed by atoms with Gasteiger partial charge in [-0.15, -0.1) is 0 Å². The van der Waals surface area contributed by atoms with Gasteiger partial charge in [-0.3, -0.25) is 9.59 Å². The Morgan fingerprint density at radius 1 is 1.17 bits per heavy atom. The maximum Gasteiger partial charge on any atom is 0.241 e. The molecular weight excluding hydrogens is 230 g/mol. The minimum atomic E-state index is -0.156. The van der Waals surface area contributed by atoms with Gasteiger partial charge in [0.15, 0.2) is 0 Å². The molecule has 0 aromatic rings. The highest BCUT2D eigenvalue weighted by molar-refractivity contribution is 5.85. The van der Waals surface area contributed by atoms with Crippen LogP contribution in [-0.2, 0) is 9.59 Å². The van der Waals surface area contributed by atoms with Gasteiger partial charge in [0.05, 0.1) is 12.5 Å². The number of hydrogen-bond acceptors (Lipinski definition) is 3. The zero-order valence-electron chi connectivity index (χ0n) is 12.1. The van der Waals surface area contributed by atoms with Crippen molar-refractivity contribution in [2.45, 2.75) is 33.1 Å². The predicted octanol–water partition coefficient (Wildman–Crippen LogP) is 0.688. The minimum Gasteiger partial charge on any atom is -0.347 e. The Labute approximate surface area is 110 Å². The first-order valence-corrected chi connectivity index (χ1v) is 6.66. The van der Waals surface area contributed by atoms with Crippen LogP contribution in [0.3, 0.4) is 0 Å². The molecule has 0 aromatic heterocycles. The summed E-state index contributed by atoms with van der Waals surface area (Å²) in [5.41, 5.74) is 5.64. The Morgan fingerprint density at radius 2 is 1.78 bits per heavy atom. The smallest absolute Gasteiger partial charge is 0.241 e. The molecular formula is C13H27N3O2. The average Bonchev–Trinajstić information content (AvgIpc) is 2.34. The lowest BCUT2D eigenvalue weighted by Crippen LogP contribution is -2.44. The van der Waals surface area contributed by atoms with E-state index >= 15 is 0 Å². The molecule has 5 heteroatoms. The summed E-state index contributed by atoms with van der Waals surface area (Å²) in [5.74, 6) is -0.197. The first-order chi connectivity index (χ1) is 8.47. The average molecular weight is 257 g/mol. The van der Waals surface area contributed by atoms with E-state index in [1.165, 1.54) is 4.90 Å². The Kier molecular flexibility index (Phi) is 8.37. The molecule has 0 saturated heterocycles. The summed E-state index contributed by atoms with van der Waals surface area (Å²) in [6.45, 7) is 5.14. The summed E-state index contributed by atoms with van der Waals surface area (Å²) < 4.78 is 0. The molecule has 0 aromatic carbocycles.